The average molecular weight is 180 g/mol. The number of hydrogen-bond donors (Lipinski definition) is 0. The van der Waals surface area contributed by atoms with Gasteiger partial charge in [0.05, 0.1) is 0 Å². The van der Waals surface area contributed by atoms with Crippen LogP contribution in [0, 0.1) is 11.8 Å². The van der Waals surface area contributed by atoms with Gasteiger partial charge in [0, 0.05) is 6.42 Å². The number of rotatable bonds is 1. The first-order valence-electron chi connectivity index (χ1n) is 4.44. The second-order valence-corrected chi connectivity index (χ2v) is 3.94. The van der Waals surface area contributed by atoms with Gasteiger partial charge in [0.15, 0.2) is 0 Å². The number of hydrogen-bond acceptors (Lipinski definition) is 0. The fourth-order valence-electron chi connectivity index (χ4n) is 1.80. The van der Waals surface area contributed by atoms with Crippen LogP contribution in [0.4, 0.5) is 13.2 Å². The molecule has 0 N–H and O–H groups in total. The molecule has 12 heavy (non-hydrogen) atoms. The minimum Gasteiger partial charge on any atom is -0.247 e. The summed E-state index contributed by atoms with van der Waals surface area (Å²) >= 11 is 0. The van der Waals surface area contributed by atoms with E-state index in [1.807, 2.05) is 13.8 Å². The minimum atomic E-state index is -1.60. The number of halogens is 3. The van der Waals surface area contributed by atoms with E-state index in [4.69, 9.17) is 0 Å². The summed E-state index contributed by atoms with van der Waals surface area (Å²) in [7, 11) is 0. The monoisotopic (exact) mass is 180 g/mol. The second kappa shape index (κ2) is 3.67. The van der Waals surface area contributed by atoms with E-state index in [2.05, 4.69) is 0 Å². The van der Waals surface area contributed by atoms with Gasteiger partial charge in [0.2, 0.25) is 0 Å². The zero-order chi connectivity index (χ0) is 9.30. The molecule has 1 aliphatic rings. The van der Waals surface area contributed by atoms with Crippen LogP contribution in [0.3, 0.4) is 0 Å². The highest BCUT2D eigenvalue weighted by Gasteiger charge is 2.39. The van der Waals surface area contributed by atoms with Crippen LogP contribution in [0.25, 0.3) is 0 Å². The summed E-state index contributed by atoms with van der Waals surface area (Å²) in [4.78, 5) is 0. The van der Waals surface area contributed by atoms with Crippen LogP contribution >= 0.6 is 0 Å². The lowest BCUT2D eigenvalue weighted by Crippen LogP contribution is -2.39. The lowest BCUT2D eigenvalue weighted by Gasteiger charge is -2.33. The van der Waals surface area contributed by atoms with Crippen molar-refractivity contribution in [3.8, 4) is 0 Å². The van der Waals surface area contributed by atoms with Crippen molar-refractivity contribution < 1.29 is 13.2 Å². The molecule has 0 aromatic rings. The van der Waals surface area contributed by atoms with Crippen molar-refractivity contribution in [2.75, 3.05) is 0 Å². The molecule has 1 aliphatic carbocycles. The molecular formula is C9H15F3. The fourth-order valence-corrected chi connectivity index (χ4v) is 1.80. The van der Waals surface area contributed by atoms with Crippen LogP contribution in [0.15, 0.2) is 0 Å². The van der Waals surface area contributed by atoms with Crippen molar-refractivity contribution >= 4 is 0 Å². The maximum absolute atomic E-state index is 13.1. The molecule has 0 bridgehead atoms. The molecule has 0 nitrogen and oxygen atoms in total. The highest BCUT2D eigenvalue weighted by Crippen LogP contribution is 2.35. The molecule has 0 saturated heterocycles. The van der Waals surface area contributed by atoms with Gasteiger partial charge in [-0.3, -0.25) is 0 Å². The molecule has 4 unspecified atom stereocenters. The summed E-state index contributed by atoms with van der Waals surface area (Å²) in [5.41, 5.74) is 0. The molecule has 4 atom stereocenters. The molecular weight excluding hydrogens is 165 g/mol. The van der Waals surface area contributed by atoms with E-state index in [1.165, 1.54) is 0 Å². The van der Waals surface area contributed by atoms with Crippen LogP contribution in [0.1, 0.15) is 26.7 Å². The third kappa shape index (κ3) is 1.93. The van der Waals surface area contributed by atoms with Crippen LogP contribution in [0.5, 0.6) is 0 Å². The van der Waals surface area contributed by atoms with Crippen LogP contribution in [-0.4, -0.2) is 18.5 Å². The zero-order valence-corrected chi connectivity index (χ0v) is 7.43. The second-order valence-electron chi connectivity index (χ2n) is 3.94. The Morgan fingerprint density at radius 2 is 1.67 bits per heavy atom. The Kier molecular flexibility index (Phi) is 3.02. The van der Waals surface area contributed by atoms with Crippen LogP contribution in [0.2, 0.25) is 0 Å². The van der Waals surface area contributed by atoms with Gasteiger partial charge in [0.25, 0.3) is 0 Å². The van der Waals surface area contributed by atoms with Crippen LogP contribution < -0.4 is 0 Å². The minimum absolute atomic E-state index is 0.0248. The summed E-state index contributed by atoms with van der Waals surface area (Å²) in [6.45, 7) is 3.62. The summed E-state index contributed by atoms with van der Waals surface area (Å²) in [6.07, 6.45) is -4.29. The van der Waals surface area contributed by atoms with Crippen molar-refractivity contribution in [3.05, 3.63) is 0 Å². The molecule has 72 valence electrons. The van der Waals surface area contributed by atoms with Gasteiger partial charge in [-0.2, -0.15) is 0 Å². The molecule has 0 radical (unpaired) electrons. The Balaban J connectivity index is 2.60. The van der Waals surface area contributed by atoms with E-state index in [0.29, 0.717) is 0 Å². The molecule has 3 heteroatoms. The molecule has 0 aromatic heterocycles. The van der Waals surface area contributed by atoms with Crippen molar-refractivity contribution in [1.82, 2.24) is 0 Å². The average Bonchev–Trinajstić information content (AvgIpc) is 1.96. The maximum Gasteiger partial charge on any atom is 0.134 e. The standard InChI is InChI=1S/C9H15F3/c1-5(2)7-3-6(10)4-8(11)9(7)12/h5-9H,3-4H2,1-2H3. The summed E-state index contributed by atoms with van der Waals surface area (Å²) < 4.78 is 38.8. The lowest BCUT2D eigenvalue weighted by atomic mass is 9.78. The molecule has 1 saturated carbocycles. The molecule has 0 spiro atoms. The van der Waals surface area contributed by atoms with Gasteiger partial charge in [-0.15, -0.1) is 0 Å². The van der Waals surface area contributed by atoms with Gasteiger partial charge < -0.3 is 0 Å². The van der Waals surface area contributed by atoms with E-state index < -0.39 is 24.4 Å². The summed E-state index contributed by atoms with van der Waals surface area (Å²) in [5, 5.41) is 0. The molecule has 1 rings (SSSR count). The quantitative estimate of drug-likeness (QED) is 0.581. The number of alkyl halides is 3. The van der Waals surface area contributed by atoms with Gasteiger partial charge in [-0.25, -0.2) is 13.2 Å². The van der Waals surface area contributed by atoms with Gasteiger partial charge in [0.1, 0.15) is 18.5 Å². The Morgan fingerprint density at radius 1 is 1.08 bits per heavy atom. The Hall–Kier alpha value is -0.210. The van der Waals surface area contributed by atoms with E-state index in [0.717, 1.165) is 0 Å². The largest absolute Gasteiger partial charge is 0.247 e. The lowest BCUT2D eigenvalue weighted by molar-refractivity contribution is 0.00676. The normalized spacial score (nSPS) is 43.5. The maximum atomic E-state index is 13.1. The topological polar surface area (TPSA) is 0 Å². The van der Waals surface area contributed by atoms with Gasteiger partial charge in [-0.1, -0.05) is 13.8 Å². The molecule has 0 aliphatic heterocycles. The van der Waals surface area contributed by atoms with Gasteiger partial charge >= 0.3 is 0 Å². The van der Waals surface area contributed by atoms with Crippen molar-refractivity contribution in [2.45, 2.75) is 45.2 Å². The molecule has 1 fully saturated rings. The third-order valence-electron chi connectivity index (χ3n) is 2.62. The highest BCUT2D eigenvalue weighted by molar-refractivity contribution is 4.88. The van der Waals surface area contributed by atoms with E-state index in [9.17, 15) is 13.2 Å². The smallest absolute Gasteiger partial charge is 0.134 e. The van der Waals surface area contributed by atoms with Gasteiger partial charge in [-0.05, 0) is 18.3 Å². The Labute approximate surface area is 71.1 Å². The van der Waals surface area contributed by atoms with Crippen molar-refractivity contribution in [2.24, 2.45) is 11.8 Å². The summed E-state index contributed by atoms with van der Waals surface area (Å²) in [6, 6.07) is 0. The fraction of sp³-hybridized carbons (Fsp3) is 1.00. The van der Waals surface area contributed by atoms with Crippen molar-refractivity contribution in [3.63, 3.8) is 0 Å². The molecule has 0 aromatic carbocycles. The predicted molar refractivity (Wildman–Crippen MR) is 42.3 cm³/mol. The predicted octanol–water partition coefficient (Wildman–Crippen LogP) is 3.07. The Bertz CT molecular complexity index is 147. The SMILES string of the molecule is CC(C)C1CC(F)CC(F)C1F. The third-order valence-corrected chi connectivity index (χ3v) is 2.62. The molecule has 0 amide bonds. The van der Waals surface area contributed by atoms with Crippen molar-refractivity contribution in [1.29, 1.82) is 0 Å². The summed E-state index contributed by atoms with van der Waals surface area (Å²) in [5.74, 6) is -0.416. The Morgan fingerprint density at radius 3 is 2.17 bits per heavy atom. The first-order chi connectivity index (χ1) is 5.52. The first kappa shape index (κ1) is 9.87. The highest BCUT2D eigenvalue weighted by atomic mass is 19.2. The van der Waals surface area contributed by atoms with E-state index in [-0.39, 0.29) is 18.8 Å². The van der Waals surface area contributed by atoms with Crippen LogP contribution in [-0.2, 0) is 0 Å². The molecule has 0 heterocycles. The first-order valence-corrected chi connectivity index (χ1v) is 4.44. The van der Waals surface area contributed by atoms with E-state index in [1.54, 1.807) is 0 Å². The zero-order valence-electron chi connectivity index (χ0n) is 7.43. The van der Waals surface area contributed by atoms with E-state index >= 15 is 0 Å².